The molecule has 20 heavy (non-hydrogen) atoms. The fourth-order valence-electron chi connectivity index (χ4n) is 2.44. The number of rotatable bonds is 5. The Hall–Kier alpha value is -1.75. The number of carbonyl (C=O) groups is 1. The second kappa shape index (κ2) is 6.61. The number of nitrogens with one attached hydrogen (secondary N) is 2. The van der Waals surface area contributed by atoms with Crippen LogP contribution in [0.3, 0.4) is 0 Å². The summed E-state index contributed by atoms with van der Waals surface area (Å²) in [5.74, 6) is 1.83. The largest absolute Gasteiger partial charge is 0.493 e. The minimum atomic E-state index is 0.0396. The van der Waals surface area contributed by atoms with Crippen LogP contribution < -0.4 is 20.1 Å². The normalized spacial score (nSPS) is 21.6. The Balaban J connectivity index is 1.97. The molecule has 0 aliphatic carbocycles. The van der Waals surface area contributed by atoms with Crippen molar-refractivity contribution in [2.75, 3.05) is 27.3 Å². The average molecular weight is 278 g/mol. The number of hydrogen-bond acceptors (Lipinski definition) is 4. The van der Waals surface area contributed by atoms with Gasteiger partial charge in [-0.25, -0.2) is 0 Å². The van der Waals surface area contributed by atoms with E-state index in [0.29, 0.717) is 23.8 Å². The third kappa shape index (κ3) is 3.42. The van der Waals surface area contributed by atoms with Crippen molar-refractivity contribution in [3.8, 4) is 11.5 Å². The molecule has 0 spiro atoms. The van der Waals surface area contributed by atoms with E-state index in [4.69, 9.17) is 9.47 Å². The topological polar surface area (TPSA) is 59.6 Å². The molecule has 0 bridgehead atoms. The van der Waals surface area contributed by atoms with Crippen LogP contribution in [-0.2, 0) is 11.2 Å². The zero-order valence-corrected chi connectivity index (χ0v) is 12.2. The monoisotopic (exact) mass is 278 g/mol. The Labute approximate surface area is 119 Å². The van der Waals surface area contributed by atoms with Gasteiger partial charge in [-0.05, 0) is 30.2 Å². The van der Waals surface area contributed by atoms with E-state index in [-0.39, 0.29) is 11.9 Å². The first-order valence-electron chi connectivity index (χ1n) is 6.85. The number of carbonyl (C=O) groups excluding carboxylic acids is 1. The first-order chi connectivity index (χ1) is 9.63. The first kappa shape index (κ1) is 14.7. The molecule has 1 aliphatic heterocycles. The van der Waals surface area contributed by atoms with Crippen LogP contribution in [0.15, 0.2) is 18.2 Å². The van der Waals surface area contributed by atoms with Gasteiger partial charge < -0.3 is 20.1 Å². The molecule has 5 nitrogen and oxygen atoms in total. The lowest BCUT2D eigenvalue weighted by Gasteiger charge is -2.16. The lowest BCUT2D eigenvalue weighted by atomic mass is 10.1. The maximum absolute atomic E-state index is 12.1. The van der Waals surface area contributed by atoms with Gasteiger partial charge >= 0.3 is 0 Å². The minimum Gasteiger partial charge on any atom is -0.493 e. The molecule has 2 atom stereocenters. The maximum Gasteiger partial charge on any atom is 0.224 e. The summed E-state index contributed by atoms with van der Waals surface area (Å²) in [6.07, 6.45) is 0.351. The highest BCUT2D eigenvalue weighted by atomic mass is 16.5. The second-order valence-electron chi connectivity index (χ2n) is 5.18. The van der Waals surface area contributed by atoms with Crippen LogP contribution in [0.4, 0.5) is 0 Å². The smallest absolute Gasteiger partial charge is 0.224 e. The van der Waals surface area contributed by atoms with Gasteiger partial charge in [-0.1, -0.05) is 13.0 Å². The molecule has 5 heteroatoms. The van der Waals surface area contributed by atoms with Crippen molar-refractivity contribution >= 4 is 5.91 Å². The second-order valence-corrected chi connectivity index (χ2v) is 5.18. The number of benzene rings is 1. The minimum absolute atomic E-state index is 0.0396. The third-order valence-electron chi connectivity index (χ3n) is 3.68. The quantitative estimate of drug-likeness (QED) is 0.842. The summed E-state index contributed by atoms with van der Waals surface area (Å²) in [6, 6.07) is 5.77. The first-order valence-corrected chi connectivity index (χ1v) is 6.85. The van der Waals surface area contributed by atoms with Crippen LogP contribution in [0.2, 0.25) is 0 Å². The molecule has 2 N–H and O–H groups in total. The van der Waals surface area contributed by atoms with Gasteiger partial charge in [-0.2, -0.15) is 0 Å². The molecule has 1 amide bonds. The molecule has 1 aliphatic rings. The molecule has 1 fully saturated rings. The zero-order chi connectivity index (χ0) is 14.5. The van der Waals surface area contributed by atoms with Crippen molar-refractivity contribution in [3.05, 3.63) is 23.8 Å². The molecule has 1 aromatic rings. The zero-order valence-electron chi connectivity index (χ0n) is 12.2. The van der Waals surface area contributed by atoms with E-state index in [9.17, 15) is 4.79 Å². The fourth-order valence-corrected chi connectivity index (χ4v) is 2.44. The summed E-state index contributed by atoms with van der Waals surface area (Å²) in [6.45, 7) is 3.95. The van der Waals surface area contributed by atoms with Gasteiger partial charge in [0.2, 0.25) is 5.91 Å². The molecular formula is C15H22N2O3. The molecule has 2 rings (SSSR count). The Morgan fingerprint density at radius 1 is 1.30 bits per heavy atom. The van der Waals surface area contributed by atoms with E-state index in [1.54, 1.807) is 14.2 Å². The van der Waals surface area contributed by atoms with Crippen LogP contribution in [-0.4, -0.2) is 39.3 Å². The van der Waals surface area contributed by atoms with Crippen LogP contribution in [0.1, 0.15) is 12.5 Å². The predicted molar refractivity (Wildman–Crippen MR) is 77.2 cm³/mol. The van der Waals surface area contributed by atoms with Gasteiger partial charge in [0.1, 0.15) is 0 Å². The Morgan fingerprint density at radius 3 is 2.65 bits per heavy atom. The summed E-state index contributed by atoms with van der Waals surface area (Å²) in [7, 11) is 3.19. The number of methoxy groups -OCH3 is 2. The number of amides is 1. The standard InChI is InChI=1S/C15H22N2O3/c1-10-8-16-9-12(10)17-15(18)7-11-4-5-13(19-2)14(6-11)20-3/h4-6,10,12,16H,7-9H2,1-3H3,(H,17,18). The summed E-state index contributed by atoms with van der Waals surface area (Å²) in [5.41, 5.74) is 0.916. The van der Waals surface area contributed by atoms with Gasteiger partial charge in [0.25, 0.3) is 0 Å². The molecule has 1 aromatic carbocycles. The van der Waals surface area contributed by atoms with Crippen molar-refractivity contribution in [2.24, 2.45) is 5.92 Å². The number of hydrogen-bond donors (Lipinski definition) is 2. The van der Waals surface area contributed by atoms with Gasteiger partial charge in [0.15, 0.2) is 11.5 Å². The Morgan fingerprint density at radius 2 is 2.05 bits per heavy atom. The van der Waals surface area contributed by atoms with Crippen molar-refractivity contribution in [2.45, 2.75) is 19.4 Å². The van der Waals surface area contributed by atoms with Crippen molar-refractivity contribution in [1.29, 1.82) is 0 Å². The van der Waals surface area contributed by atoms with Gasteiger partial charge in [-0.3, -0.25) is 4.79 Å². The fraction of sp³-hybridized carbons (Fsp3) is 0.533. The summed E-state index contributed by atoms with van der Waals surface area (Å²) in [5, 5.41) is 6.34. The molecular weight excluding hydrogens is 256 g/mol. The predicted octanol–water partition coefficient (Wildman–Crippen LogP) is 0.970. The summed E-state index contributed by atoms with van der Waals surface area (Å²) < 4.78 is 10.4. The molecule has 2 unspecified atom stereocenters. The van der Waals surface area contributed by atoms with Crippen LogP contribution in [0, 0.1) is 5.92 Å². The third-order valence-corrected chi connectivity index (χ3v) is 3.68. The summed E-state index contributed by atoms with van der Waals surface area (Å²) >= 11 is 0. The van der Waals surface area contributed by atoms with E-state index in [0.717, 1.165) is 18.7 Å². The van der Waals surface area contributed by atoms with E-state index < -0.39 is 0 Å². The number of ether oxygens (including phenoxy) is 2. The highest BCUT2D eigenvalue weighted by Crippen LogP contribution is 2.27. The molecule has 0 saturated carbocycles. The maximum atomic E-state index is 12.1. The van der Waals surface area contributed by atoms with Crippen LogP contribution in [0.5, 0.6) is 11.5 Å². The lowest BCUT2D eigenvalue weighted by Crippen LogP contribution is -2.40. The Bertz CT molecular complexity index is 476. The van der Waals surface area contributed by atoms with Gasteiger partial charge in [-0.15, -0.1) is 0 Å². The highest BCUT2D eigenvalue weighted by Gasteiger charge is 2.24. The van der Waals surface area contributed by atoms with E-state index in [2.05, 4.69) is 17.6 Å². The van der Waals surface area contributed by atoms with Gasteiger partial charge in [0, 0.05) is 12.6 Å². The van der Waals surface area contributed by atoms with Gasteiger partial charge in [0.05, 0.1) is 20.6 Å². The lowest BCUT2D eigenvalue weighted by molar-refractivity contribution is -0.121. The van der Waals surface area contributed by atoms with E-state index in [1.807, 2.05) is 18.2 Å². The van der Waals surface area contributed by atoms with Crippen molar-refractivity contribution < 1.29 is 14.3 Å². The average Bonchev–Trinajstić information content (AvgIpc) is 2.84. The SMILES string of the molecule is COc1ccc(CC(=O)NC2CNCC2C)cc1OC. The Kier molecular flexibility index (Phi) is 4.84. The molecule has 110 valence electrons. The van der Waals surface area contributed by atoms with Crippen LogP contribution >= 0.6 is 0 Å². The van der Waals surface area contributed by atoms with Crippen LogP contribution in [0.25, 0.3) is 0 Å². The molecule has 0 aromatic heterocycles. The molecule has 0 radical (unpaired) electrons. The van der Waals surface area contributed by atoms with Crippen molar-refractivity contribution in [1.82, 2.24) is 10.6 Å². The van der Waals surface area contributed by atoms with Crippen molar-refractivity contribution in [3.63, 3.8) is 0 Å². The highest BCUT2D eigenvalue weighted by molar-refractivity contribution is 5.79. The molecule has 1 heterocycles. The summed E-state index contributed by atoms with van der Waals surface area (Å²) in [4.78, 5) is 12.1. The van der Waals surface area contributed by atoms with E-state index >= 15 is 0 Å². The van der Waals surface area contributed by atoms with E-state index in [1.165, 1.54) is 0 Å². The molecule has 1 saturated heterocycles.